The lowest BCUT2D eigenvalue weighted by Crippen LogP contribution is -2.22. The second-order valence-corrected chi connectivity index (χ2v) is 7.20. The van der Waals surface area contributed by atoms with Crippen LogP contribution in [0.15, 0.2) is 56.7 Å². The maximum Gasteiger partial charge on any atom is 0.292 e. The highest BCUT2D eigenvalue weighted by Crippen LogP contribution is 2.26. The van der Waals surface area contributed by atoms with Crippen LogP contribution in [0.25, 0.3) is 17.1 Å². The fourth-order valence-electron chi connectivity index (χ4n) is 2.72. The van der Waals surface area contributed by atoms with Crippen LogP contribution in [0.5, 0.6) is 0 Å². The number of nitrogens with two attached hydrogens (primary N) is 1. The van der Waals surface area contributed by atoms with Gasteiger partial charge in [-0.2, -0.15) is 9.78 Å². The standard InChI is InChI=1S/C18H11BrFN9O4/c19-12-7-9(1-6-13(12)20)8-22-24-18(30)15-14(10-2-4-11(5-3-10)29(31)32)23-27-28(15)17-16(21)25-33-26-17/h1-8H,(H2,21,25)(H,24,30)/b22-8+. The van der Waals surface area contributed by atoms with Crippen LogP contribution in [0.4, 0.5) is 15.9 Å². The summed E-state index contributed by atoms with van der Waals surface area (Å²) in [5.74, 6) is -1.44. The number of hydrogen-bond acceptors (Lipinski definition) is 10. The van der Waals surface area contributed by atoms with Crippen molar-refractivity contribution in [3.8, 4) is 17.1 Å². The van der Waals surface area contributed by atoms with Gasteiger partial charge in [0.15, 0.2) is 5.69 Å². The normalized spacial score (nSPS) is 11.1. The van der Waals surface area contributed by atoms with E-state index in [9.17, 15) is 19.3 Å². The van der Waals surface area contributed by atoms with E-state index in [1.807, 2.05) is 0 Å². The second kappa shape index (κ2) is 8.91. The van der Waals surface area contributed by atoms with E-state index < -0.39 is 16.6 Å². The number of nitrogens with zero attached hydrogens (tertiary/aromatic N) is 7. The highest BCUT2D eigenvalue weighted by molar-refractivity contribution is 9.10. The largest absolute Gasteiger partial charge is 0.378 e. The molecule has 4 aromatic rings. The van der Waals surface area contributed by atoms with Crippen molar-refractivity contribution in [2.45, 2.75) is 0 Å². The Bertz CT molecular complexity index is 1380. The van der Waals surface area contributed by atoms with Crippen molar-refractivity contribution in [3.63, 3.8) is 0 Å². The first kappa shape index (κ1) is 21.7. The molecule has 0 aliphatic heterocycles. The number of anilines is 1. The number of benzene rings is 2. The highest BCUT2D eigenvalue weighted by atomic mass is 79.9. The molecular weight excluding hydrogens is 505 g/mol. The van der Waals surface area contributed by atoms with Gasteiger partial charge in [-0.05, 0) is 56.1 Å². The summed E-state index contributed by atoms with van der Waals surface area (Å²) >= 11 is 3.07. The van der Waals surface area contributed by atoms with Gasteiger partial charge in [-0.15, -0.1) is 5.10 Å². The Labute approximate surface area is 191 Å². The smallest absolute Gasteiger partial charge is 0.292 e. The molecule has 0 radical (unpaired) electrons. The molecule has 3 N–H and O–H groups in total. The Morgan fingerprint density at radius 1 is 1.27 bits per heavy atom. The number of rotatable bonds is 6. The average Bonchev–Trinajstić information content (AvgIpc) is 3.42. The number of nitro benzene ring substituents is 1. The van der Waals surface area contributed by atoms with E-state index >= 15 is 0 Å². The number of halogens is 2. The molecule has 33 heavy (non-hydrogen) atoms. The van der Waals surface area contributed by atoms with E-state index in [2.05, 4.69) is 51.7 Å². The number of nitro groups is 1. The van der Waals surface area contributed by atoms with Crippen LogP contribution in [-0.4, -0.2) is 42.4 Å². The summed E-state index contributed by atoms with van der Waals surface area (Å²) in [6.07, 6.45) is 1.30. The molecule has 0 saturated heterocycles. The summed E-state index contributed by atoms with van der Waals surface area (Å²) in [5, 5.41) is 29.7. The van der Waals surface area contributed by atoms with Crippen LogP contribution in [0.1, 0.15) is 16.1 Å². The summed E-state index contributed by atoms with van der Waals surface area (Å²) < 4.78 is 19.2. The maximum atomic E-state index is 13.4. The lowest BCUT2D eigenvalue weighted by Gasteiger charge is -2.05. The topological polar surface area (TPSA) is 180 Å². The summed E-state index contributed by atoms with van der Waals surface area (Å²) in [4.78, 5) is 23.4. The first-order valence-corrected chi connectivity index (χ1v) is 9.72. The van der Waals surface area contributed by atoms with Gasteiger partial charge in [0, 0.05) is 17.7 Å². The van der Waals surface area contributed by atoms with Crippen molar-refractivity contribution in [1.82, 2.24) is 30.7 Å². The number of hydrazone groups is 1. The van der Waals surface area contributed by atoms with Gasteiger partial charge in [0.05, 0.1) is 15.6 Å². The van der Waals surface area contributed by atoms with Gasteiger partial charge in [0.25, 0.3) is 11.6 Å². The summed E-state index contributed by atoms with van der Waals surface area (Å²) in [7, 11) is 0. The molecule has 15 heteroatoms. The number of carbonyl (C=O) groups excluding carboxylic acids is 1. The molecule has 2 aromatic heterocycles. The van der Waals surface area contributed by atoms with E-state index in [0.717, 1.165) is 4.68 Å². The predicted octanol–water partition coefficient (Wildman–Crippen LogP) is 2.47. The fraction of sp³-hybridized carbons (Fsp3) is 0. The fourth-order valence-corrected chi connectivity index (χ4v) is 3.11. The van der Waals surface area contributed by atoms with Gasteiger partial charge in [0.1, 0.15) is 11.5 Å². The van der Waals surface area contributed by atoms with Gasteiger partial charge in [-0.25, -0.2) is 14.4 Å². The average molecular weight is 516 g/mol. The van der Waals surface area contributed by atoms with Crippen LogP contribution in [0.3, 0.4) is 0 Å². The molecule has 0 unspecified atom stereocenters. The van der Waals surface area contributed by atoms with E-state index in [-0.39, 0.29) is 33.2 Å². The number of non-ortho nitro benzene ring substituents is 1. The minimum Gasteiger partial charge on any atom is -0.378 e. The molecule has 13 nitrogen and oxygen atoms in total. The van der Waals surface area contributed by atoms with Gasteiger partial charge in [0.2, 0.25) is 11.6 Å². The number of nitrogen functional groups attached to an aromatic ring is 1. The summed E-state index contributed by atoms with van der Waals surface area (Å²) in [5.41, 5.74) is 8.71. The number of hydrogen-bond donors (Lipinski definition) is 2. The quantitative estimate of drug-likeness (QED) is 0.221. The van der Waals surface area contributed by atoms with Crippen molar-refractivity contribution in [2.24, 2.45) is 5.10 Å². The Balaban J connectivity index is 1.69. The SMILES string of the molecule is Nc1nonc1-n1nnc(-c2ccc([N+](=O)[O-])cc2)c1C(=O)N/N=C/c1ccc(F)c(Br)c1. The zero-order valence-electron chi connectivity index (χ0n) is 16.2. The number of nitrogens with one attached hydrogen (secondary N) is 1. The molecular formula is C18H11BrFN9O4. The molecule has 166 valence electrons. The molecule has 0 aliphatic carbocycles. The minimum atomic E-state index is -0.756. The molecule has 0 aliphatic rings. The second-order valence-electron chi connectivity index (χ2n) is 6.35. The van der Waals surface area contributed by atoms with Crippen LogP contribution < -0.4 is 11.2 Å². The molecule has 1 amide bonds. The summed E-state index contributed by atoms with van der Waals surface area (Å²) in [6.45, 7) is 0. The third kappa shape index (κ3) is 4.42. The van der Waals surface area contributed by atoms with E-state index in [0.29, 0.717) is 11.1 Å². The molecule has 0 atom stereocenters. The molecule has 0 bridgehead atoms. The number of aromatic nitrogens is 5. The van der Waals surface area contributed by atoms with E-state index in [1.54, 1.807) is 0 Å². The van der Waals surface area contributed by atoms with Crippen LogP contribution in [-0.2, 0) is 0 Å². The molecule has 0 spiro atoms. The zero-order chi connectivity index (χ0) is 23.5. The Morgan fingerprint density at radius 2 is 2.03 bits per heavy atom. The molecule has 2 aromatic carbocycles. The van der Waals surface area contributed by atoms with E-state index in [4.69, 9.17) is 5.73 Å². The van der Waals surface area contributed by atoms with Crippen molar-refractivity contribution >= 4 is 39.6 Å². The third-order valence-electron chi connectivity index (χ3n) is 4.26. The zero-order valence-corrected chi connectivity index (χ0v) is 17.8. The Morgan fingerprint density at radius 3 is 2.67 bits per heavy atom. The first-order chi connectivity index (χ1) is 15.8. The van der Waals surface area contributed by atoms with Crippen molar-refractivity contribution in [2.75, 3.05) is 5.73 Å². The van der Waals surface area contributed by atoms with Crippen LogP contribution in [0, 0.1) is 15.9 Å². The number of amides is 1. The monoisotopic (exact) mass is 515 g/mol. The Kier molecular flexibility index (Phi) is 5.86. The van der Waals surface area contributed by atoms with Crippen LogP contribution >= 0.6 is 15.9 Å². The van der Waals surface area contributed by atoms with Crippen molar-refractivity contribution in [3.05, 3.63) is 74.1 Å². The van der Waals surface area contributed by atoms with E-state index in [1.165, 1.54) is 48.7 Å². The van der Waals surface area contributed by atoms with Crippen molar-refractivity contribution in [1.29, 1.82) is 0 Å². The Hall–Kier alpha value is -4.53. The third-order valence-corrected chi connectivity index (χ3v) is 4.86. The molecule has 0 fully saturated rings. The molecule has 4 rings (SSSR count). The lowest BCUT2D eigenvalue weighted by atomic mass is 10.1. The maximum absolute atomic E-state index is 13.4. The molecule has 2 heterocycles. The van der Waals surface area contributed by atoms with Gasteiger partial charge in [-0.3, -0.25) is 14.9 Å². The highest BCUT2D eigenvalue weighted by Gasteiger charge is 2.26. The lowest BCUT2D eigenvalue weighted by molar-refractivity contribution is -0.384. The molecule has 0 saturated carbocycles. The first-order valence-electron chi connectivity index (χ1n) is 8.92. The minimum absolute atomic E-state index is 0.0736. The van der Waals surface area contributed by atoms with Crippen LogP contribution in [0.2, 0.25) is 0 Å². The van der Waals surface area contributed by atoms with Gasteiger partial charge < -0.3 is 5.73 Å². The van der Waals surface area contributed by atoms with Gasteiger partial charge in [-0.1, -0.05) is 11.3 Å². The summed E-state index contributed by atoms with van der Waals surface area (Å²) in [6, 6.07) is 9.50. The van der Waals surface area contributed by atoms with Gasteiger partial charge >= 0.3 is 0 Å². The number of carbonyl (C=O) groups is 1. The van der Waals surface area contributed by atoms with Crippen molar-refractivity contribution < 1.29 is 18.7 Å². The predicted molar refractivity (Wildman–Crippen MR) is 115 cm³/mol.